The van der Waals surface area contributed by atoms with Gasteiger partial charge in [-0.25, -0.2) is 0 Å². The van der Waals surface area contributed by atoms with E-state index in [1.807, 2.05) is 18.2 Å². The number of anilines is 1. The number of hydrogen-bond acceptors (Lipinski definition) is 4. The Morgan fingerprint density at radius 1 is 1.14 bits per heavy atom. The number of amides is 3. The van der Waals surface area contributed by atoms with E-state index in [9.17, 15) is 14.4 Å². The first-order valence-corrected chi connectivity index (χ1v) is 10.1. The number of likely N-dealkylation sites (tertiary alicyclic amines) is 1. The first-order valence-electron chi connectivity index (χ1n) is 10.1. The van der Waals surface area contributed by atoms with Crippen LogP contribution in [0.4, 0.5) is 5.69 Å². The quantitative estimate of drug-likeness (QED) is 0.786. The fraction of sp³-hybridized carbons (Fsp3) is 0.591. The largest absolute Gasteiger partial charge is 0.495 e. The molecule has 0 bridgehead atoms. The van der Waals surface area contributed by atoms with Crippen LogP contribution in [0.2, 0.25) is 0 Å². The van der Waals surface area contributed by atoms with E-state index in [1.165, 1.54) is 4.90 Å². The fourth-order valence-electron chi connectivity index (χ4n) is 4.15. The van der Waals surface area contributed by atoms with E-state index in [-0.39, 0.29) is 47.9 Å². The third-order valence-electron chi connectivity index (χ3n) is 5.83. The molecular formula is C22H30N2O4. The molecule has 1 saturated heterocycles. The van der Waals surface area contributed by atoms with Crippen LogP contribution in [-0.4, -0.2) is 36.3 Å². The third-order valence-corrected chi connectivity index (χ3v) is 5.83. The van der Waals surface area contributed by atoms with Gasteiger partial charge < -0.3 is 10.1 Å². The minimum absolute atomic E-state index is 0.0591. The minimum atomic E-state index is -0.236. The van der Waals surface area contributed by atoms with Gasteiger partial charge in [0.15, 0.2) is 0 Å². The van der Waals surface area contributed by atoms with Crippen molar-refractivity contribution < 1.29 is 19.1 Å². The van der Waals surface area contributed by atoms with Gasteiger partial charge in [-0.2, -0.15) is 0 Å². The molecule has 6 nitrogen and oxygen atoms in total. The molecular weight excluding hydrogens is 356 g/mol. The van der Waals surface area contributed by atoms with Crippen LogP contribution in [0.5, 0.6) is 5.75 Å². The maximum Gasteiger partial charge on any atom is 0.233 e. The second-order valence-electron chi connectivity index (χ2n) is 8.79. The van der Waals surface area contributed by atoms with Gasteiger partial charge in [0.25, 0.3) is 0 Å². The lowest BCUT2D eigenvalue weighted by atomic mass is 9.81. The van der Waals surface area contributed by atoms with Crippen LogP contribution >= 0.6 is 0 Å². The van der Waals surface area contributed by atoms with E-state index in [0.717, 1.165) is 31.2 Å². The standard InChI is InChI=1S/C22H30N2O4/c1-22(2,3)14-9-10-18(28-4)17(13-14)23-19(25)11-12-24-20(26)15-7-5-6-8-16(15)21(24)27/h9-10,13,15-16H,5-8,11-12H2,1-4H3,(H,23,25)/t15-,16-/m1/s1. The van der Waals surface area contributed by atoms with Crippen LogP contribution in [0.1, 0.15) is 58.4 Å². The van der Waals surface area contributed by atoms with Crippen LogP contribution in [0.25, 0.3) is 0 Å². The van der Waals surface area contributed by atoms with Crippen LogP contribution < -0.4 is 10.1 Å². The molecule has 152 valence electrons. The van der Waals surface area contributed by atoms with Gasteiger partial charge in [-0.15, -0.1) is 0 Å². The average molecular weight is 386 g/mol. The van der Waals surface area contributed by atoms with Crippen LogP contribution in [-0.2, 0) is 19.8 Å². The van der Waals surface area contributed by atoms with E-state index in [4.69, 9.17) is 4.74 Å². The molecule has 0 aromatic heterocycles. The summed E-state index contributed by atoms with van der Waals surface area (Å²) in [5.74, 6) is -0.203. The monoisotopic (exact) mass is 386 g/mol. The Bertz CT molecular complexity index is 757. The second kappa shape index (κ2) is 7.94. The molecule has 0 spiro atoms. The number of carbonyl (C=O) groups excluding carboxylic acids is 3. The van der Waals surface area contributed by atoms with Crippen molar-refractivity contribution in [2.24, 2.45) is 11.8 Å². The molecule has 0 unspecified atom stereocenters. The summed E-state index contributed by atoms with van der Waals surface area (Å²) in [6.45, 7) is 6.44. The lowest BCUT2D eigenvalue weighted by Gasteiger charge is -2.21. The highest BCUT2D eigenvalue weighted by Crippen LogP contribution is 2.38. The maximum absolute atomic E-state index is 12.5. The molecule has 1 aromatic carbocycles. The summed E-state index contributed by atoms with van der Waals surface area (Å²) in [6, 6.07) is 5.74. The van der Waals surface area contributed by atoms with Crippen LogP contribution in [0.3, 0.4) is 0 Å². The van der Waals surface area contributed by atoms with E-state index in [1.54, 1.807) is 7.11 Å². The molecule has 1 aliphatic heterocycles. The average Bonchev–Trinajstić information content (AvgIpc) is 2.90. The number of rotatable bonds is 5. The molecule has 2 aliphatic rings. The number of methoxy groups -OCH3 is 1. The first kappa shape index (κ1) is 20.4. The summed E-state index contributed by atoms with van der Waals surface area (Å²) < 4.78 is 5.36. The molecule has 1 N–H and O–H groups in total. The number of fused-ring (bicyclic) bond motifs is 1. The van der Waals surface area contributed by atoms with Gasteiger partial charge >= 0.3 is 0 Å². The summed E-state index contributed by atoms with van der Waals surface area (Å²) in [5, 5.41) is 2.88. The molecule has 1 saturated carbocycles. The zero-order valence-corrected chi connectivity index (χ0v) is 17.2. The topological polar surface area (TPSA) is 75.7 Å². The van der Waals surface area contributed by atoms with Crippen molar-refractivity contribution in [3.05, 3.63) is 23.8 Å². The van der Waals surface area contributed by atoms with Crippen molar-refractivity contribution in [2.75, 3.05) is 19.0 Å². The van der Waals surface area contributed by atoms with Crippen molar-refractivity contribution in [3.63, 3.8) is 0 Å². The molecule has 2 fully saturated rings. The number of carbonyl (C=O) groups is 3. The highest BCUT2D eigenvalue weighted by Gasteiger charge is 2.47. The van der Waals surface area contributed by atoms with Crippen molar-refractivity contribution >= 4 is 23.4 Å². The van der Waals surface area contributed by atoms with Gasteiger partial charge in [0.05, 0.1) is 24.6 Å². The SMILES string of the molecule is COc1ccc(C(C)(C)C)cc1NC(=O)CCN1C(=O)[C@@H]2CCCC[C@H]2C1=O. The van der Waals surface area contributed by atoms with E-state index >= 15 is 0 Å². The molecule has 3 amide bonds. The summed E-state index contributed by atoms with van der Waals surface area (Å²) in [5.41, 5.74) is 1.63. The maximum atomic E-state index is 12.5. The Kier molecular flexibility index (Phi) is 5.77. The summed E-state index contributed by atoms with van der Waals surface area (Å²) in [7, 11) is 1.56. The Labute approximate surface area is 166 Å². The number of nitrogens with one attached hydrogen (secondary N) is 1. The molecule has 3 rings (SSSR count). The Morgan fingerprint density at radius 3 is 2.29 bits per heavy atom. The normalized spacial score (nSPS) is 22.2. The molecule has 1 aliphatic carbocycles. The van der Waals surface area contributed by atoms with Crippen molar-refractivity contribution in [3.8, 4) is 5.75 Å². The Morgan fingerprint density at radius 2 is 1.75 bits per heavy atom. The molecule has 1 heterocycles. The smallest absolute Gasteiger partial charge is 0.233 e. The van der Waals surface area contributed by atoms with Crippen LogP contribution in [0, 0.1) is 11.8 Å². The van der Waals surface area contributed by atoms with Crippen molar-refractivity contribution in [1.82, 2.24) is 4.90 Å². The highest BCUT2D eigenvalue weighted by molar-refractivity contribution is 6.05. The summed E-state index contributed by atoms with van der Waals surface area (Å²) in [4.78, 5) is 38.9. The van der Waals surface area contributed by atoms with Gasteiger partial charge in [-0.1, -0.05) is 39.7 Å². The first-order chi connectivity index (χ1) is 13.2. The minimum Gasteiger partial charge on any atom is -0.495 e. The Hall–Kier alpha value is -2.37. The highest BCUT2D eigenvalue weighted by atomic mass is 16.5. The van der Waals surface area contributed by atoms with Gasteiger partial charge in [0, 0.05) is 13.0 Å². The van der Waals surface area contributed by atoms with Gasteiger partial charge in [0.2, 0.25) is 17.7 Å². The second-order valence-corrected chi connectivity index (χ2v) is 8.79. The zero-order valence-electron chi connectivity index (χ0n) is 17.2. The molecule has 2 atom stereocenters. The third kappa shape index (κ3) is 4.05. The number of hydrogen-bond donors (Lipinski definition) is 1. The zero-order chi connectivity index (χ0) is 20.5. The molecule has 1 aromatic rings. The number of ether oxygens (including phenoxy) is 1. The number of nitrogens with zero attached hydrogens (tertiary/aromatic N) is 1. The van der Waals surface area contributed by atoms with Crippen molar-refractivity contribution in [2.45, 2.75) is 58.3 Å². The number of benzene rings is 1. The lowest BCUT2D eigenvalue weighted by molar-refractivity contribution is -0.140. The molecule has 28 heavy (non-hydrogen) atoms. The van der Waals surface area contributed by atoms with Crippen LogP contribution in [0.15, 0.2) is 18.2 Å². The summed E-state index contributed by atoms with van der Waals surface area (Å²) >= 11 is 0. The predicted octanol–water partition coefficient (Wildman–Crippen LogP) is 3.50. The fourth-order valence-corrected chi connectivity index (χ4v) is 4.15. The molecule has 0 radical (unpaired) electrons. The van der Waals surface area contributed by atoms with E-state index in [2.05, 4.69) is 26.1 Å². The summed E-state index contributed by atoms with van der Waals surface area (Å²) in [6.07, 6.45) is 3.65. The lowest BCUT2D eigenvalue weighted by Crippen LogP contribution is -2.34. The molecule has 6 heteroatoms. The Balaban J connectivity index is 1.65. The van der Waals surface area contributed by atoms with Gasteiger partial charge in [-0.05, 0) is 36.0 Å². The van der Waals surface area contributed by atoms with E-state index in [0.29, 0.717) is 11.4 Å². The van der Waals surface area contributed by atoms with Gasteiger partial charge in [-0.3, -0.25) is 19.3 Å². The van der Waals surface area contributed by atoms with Gasteiger partial charge in [0.1, 0.15) is 5.75 Å². The van der Waals surface area contributed by atoms with E-state index < -0.39 is 0 Å². The number of imide groups is 1. The van der Waals surface area contributed by atoms with Crippen molar-refractivity contribution in [1.29, 1.82) is 0 Å². The predicted molar refractivity (Wildman–Crippen MR) is 107 cm³/mol.